The first-order chi connectivity index (χ1) is 25.9. The molecule has 8 rings (SSSR count). The molecule has 1 fully saturated rings. The molecule has 0 radical (unpaired) electrons. The lowest BCUT2D eigenvalue weighted by Gasteiger charge is -2.33. The van der Waals surface area contributed by atoms with Gasteiger partial charge in [0.15, 0.2) is 5.88 Å². The Morgan fingerprint density at radius 3 is 2.62 bits per heavy atom. The Kier molecular flexibility index (Phi) is 9.45. The number of benzene rings is 4. The van der Waals surface area contributed by atoms with E-state index in [4.69, 9.17) is 15.6 Å². The first-order valence-corrected chi connectivity index (χ1v) is 18.3. The lowest BCUT2D eigenvalue weighted by atomic mass is 9.90. The number of amides is 2. The molecule has 2 aliphatic rings. The summed E-state index contributed by atoms with van der Waals surface area (Å²) in [6.45, 7) is 1.98. The number of rotatable bonds is 12. The molecule has 11 heteroatoms. The molecule has 6 aromatic rings. The Hall–Kier alpha value is -6.23. The number of hydrogen-bond donors (Lipinski definition) is 3. The van der Waals surface area contributed by atoms with Gasteiger partial charge in [-0.1, -0.05) is 72.2 Å². The highest BCUT2D eigenvalue weighted by Crippen LogP contribution is 2.36. The lowest BCUT2D eigenvalue weighted by molar-refractivity contribution is -0.132. The number of nitrogens with two attached hydrogens (primary N) is 1. The number of fused-ring (bicyclic) bond motifs is 3. The van der Waals surface area contributed by atoms with Crippen LogP contribution in [0.1, 0.15) is 77.9 Å². The van der Waals surface area contributed by atoms with Crippen LogP contribution in [-0.4, -0.2) is 67.7 Å². The zero-order valence-corrected chi connectivity index (χ0v) is 29.4. The Morgan fingerprint density at radius 1 is 0.943 bits per heavy atom. The molecule has 0 bridgehead atoms. The Morgan fingerprint density at radius 2 is 1.75 bits per heavy atom. The summed E-state index contributed by atoms with van der Waals surface area (Å²) >= 11 is 0. The molecule has 4 N–H and O–H groups in total. The van der Waals surface area contributed by atoms with Crippen LogP contribution in [0.3, 0.4) is 0 Å². The van der Waals surface area contributed by atoms with Crippen molar-refractivity contribution in [2.24, 2.45) is 15.9 Å². The third kappa shape index (κ3) is 6.90. The quantitative estimate of drug-likeness (QED) is 0.0888. The minimum absolute atomic E-state index is 0.0532. The second-order valence-corrected chi connectivity index (χ2v) is 13.8. The highest BCUT2D eigenvalue weighted by atomic mass is 16.6. The van der Waals surface area contributed by atoms with Gasteiger partial charge < -0.3 is 25.6 Å². The number of oxime groups is 1. The second kappa shape index (κ2) is 14.8. The van der Waals surface area contributed by atoms with Crippen LogP contribution in [0, 0.1) is 0 Å². The van der Waals surface area contributed by atoms with Gasteiger partial charge in [-0.15, -0.1) is 0 Å². The van der Waals surface area contributed by atoms with Gasteiger partial charge in [0, 0.05) is 53.5 Å². The number of likely N-dealkylation sites (tertiary alicyclic amines) is 1. The Labute approximate surface area is 306 Å². The summed E-state index contributed by atoms with van der Waals surface area (Å²) in [5.74, 6) is 0.0642. The predicted molar refractivity (Wildman–Crippen MR) is 206 cm³/mol. The largest absolute Gasteiger partial charge is 0.494 e. The SMILES string of the molecule is NC(=O)c1cccc2cn(-c3ccc([C@@H]4CCCN(C(=O)CCCCCCO/N=C5/C(c6c(O)[nH]c7ccccc67)=Nc6ccccc65)C4)cc3)nc12. The topological polar surface area (TPSA) is 151 Å². The monoisotopic (exact) mass is 707 g/mol. The molecular formula is C42H41N7O4. The zero-order valence-electron chi connectivity index (χ0n) is 29.4. The fourth-order valence-electron chi connectivity index (χ4n) is 7.52. The molecule has 0 saturated carbocycles. The van der Waals surface area contributed by atoms with Gasteiger partial charge in [-0.2, -0.15) is 5.10 Å². The van der Waals surface area contributed by atoms with Crippen molar-refractivity contribution in [3.05, 3.63) is 119 Å². The standard InChI is InChI=1S/C42H41N7O4/c43-41(51)33-15-9-11-29-26-49(46-38(29)33)30-21-19-27(20-22-30)28-12-10-23-48(25-28)36(50)18-3-1-2-8-24-53-47-39-32-14-5-7-17-35(32)44-40(39)37-31-13-4-6-16-34(31)45-42(37)52/h4-7,9,11,13-17,19-22,26,28,45,52H,1-3,8,10,12,18,23-25H2,(H2,43,51)/b47-39+/t28-/m1/s1. The number of H-pyrrole nitrogens is 1. The minimum Gasteiger partial charge on any atom is -0.494 e. The number of aliphatic imine (C=N–C) groups is 1. The van der Waals surface area contributed by atoms with E-state index in [1.54, 1.807) is 10.7 Å². The highest BCUT2D eigenvalue weighted by molar-refractivity contribution is 6.58. The molecule has 2 amide bonds. The van der Waals surface area contributed by atoms with E-state index in [9.17, 15) is 14.7 Å². The van der Waals surface area contributed by atoms with Crippen molar-refractivity contribution < 1.29 is 19.5 Å². The van der Waals surface area contributed by atoms with Crippen molar-refractivity contribution in [2.75, 3.05) is 19.7 Å². The van der Waals surface area contributed by atoms with Gasteiger partial charge in [-0.05, 0) is 68.0 Å². The van der Waals surface area contributed by atoms with Gasteiger partial charge in [-0.3, -0.25) is 9.59 Å². The predicted octanol–water partition coefficient (Wildman–Crippen LogP) is 7.52. The number of nitrogens with one attached hydrogen (secondary N) is 1. The van der Waals surface area contributed by atoms with Crippen molar-refractivity contribution in [2.45, 2.75) is 50.9 Å². The maximum absolute atomic E-state index is 13.2. The molecule has 11 nitrogen and oxygen atoms in total. The van der Waals surface area contributed by atoms with Gasteiger partial charge in [0.05, 0.1) is 22.5 Å². The zero-order chi connectivity index (χ0) is 36.3. The van der Waals surface area contributed by atoms with E-state index in [2.05, 4.69) is 27.4 Å². The summed E-state index contributed by atoms with van der Waals surface area (Å²) in [5.41, 5.74) is 12.9. The molecular weight excluding hydrogens is 667 g/mol. The van der Waals surface area contributed by atoms with E-state index < -0.39 is 5.91 Å². The van der Waals surface area contributed by atoms with Crippen LogP contribution < -0.4 is 5.73 Å². The third-order valence-electron chi connectivity index (χ3n) is 10.3. The number of aromatic nitrogens is 3. The molecule has 53 heavy (non-hydrogen) atoms. The summed E-state index contributed by atoms with van der Waals surface area (Å²) < 4.78 is 1.77. The van der Waals surface area contributed by atoms with Crippen LogP contribution in [0.15, 0.2) is 107 Å². The number of aromatic amines is 1. The first-order valence-electron chi connectivity index (χ1n) is 18.3. The lowest BCUT2D eigenvalue weighted by Crippen LogP contribution is -2.39. The maximum atomic E-state index is 13.2. The van der Waals surface area contributed by atoms with Crippen LogP contribution >= 0.6 is 0 Å². The summed E-state index contributed by atoms with van der Waals surface area (Å²) in [6, 6.07) is 29.2. The number of carbonyl (C=O) groups excluding carboxylic acids is 2. The average molecular weight is 708 g/mol. The van der Waals surface area contributed by atoms with Crippen molar-refractivity contribution in [3.8, 4) is 11.6 Å². The minimum atomic E-state index is -0.494. The van der Waals surface area contributed by atoms with Crippen LogP contribution in [-0.2, 0) is 9.63 Å². The van der Waals surface area contributed by atoms with E-state index >= 15 is 0 Å². The number of hydrogen-bond acceptors (Lipinski definition) is 7. The fraction of sp³-hybridized carbons (Fsp3) is 0.262. The first kappa shape index (κ1) is 33.9. The summed E-state index contributed by atoms with van der Waals surface area (Å²) in [5, 5.41) is 21.6. The summed E-state index contributed by atoms with van der Waals surface area (Å²) in [6.07, 6.45) is 8.00. The Bertz CT molecular complexity index is 2370. The van der Waals surface area contributed by atoms with Crippen molar-refractivity contribution in [3.63, 3.8) is 0 Å². The smallest absolute Gasteiger partial charge is 0.250 e. The van der Waals surface area contributed by atoms with Crippen molar-refractivity contribution >= 4 is 50.7 Å². The number of unbranched alkanes of at least 4 members (excludes halogenated alkanes) is 3. The Balaban J connectivity index is 0.803. The van der Waals surface area contributed by atoms with Crippen LogP contribution in [0.25, 0.3) is 27.5 Å². The summed E-state index contributed by atoms with van der Waals surface area (Å²) in [4.78, 5) is 40.7. The van der Waals surface area contributed by atoms with Gasteiger partial charge in [-0.25, -0.2) is 9.67 Å². The number of carbonyl (C=O) groups is 2. The van der Waals surface area contributed by atoms with E-state index in [0.717, 1.165) is 84.8 Å². The molecule has 268 valence electrons. The molecule has 1 saturated heterocycles. The maximum Gasteiger partial charge on any atom is 0.250 e. The van der Waals surface area contributed by atoms with Crippen LogP contribution in [0.4, 0.5) is 5.69 Å². The fourth-order valence-corrected chi connectivity index (χ4v) is 7.52. The van der Waals surface area contributed by atoms with Gasteiger partial charge in [0.2, 0.25) is 5.91 Å². The van der Waals surface area contributed by atoms with E-state index in [0.29, 0.717) is 41.1 Å². The molecule has 1 atom stereocenters. The molecule has 0 aliphatic carbocycles. The number of aromatic hydroxyl groups is 1. The summed E-state index contributed by atoms with van der Waals surface area (Å²) in [7, 11) is 0. The molecule has 4 aromatic carbocycles. The van der Waals surface area contributed by atoms with Crippen molar-refractivity contribution in [1.29, 1.82) is 0 Å². The van der Waals surface area contributed by atoms with Crippen LogP contribution in [0.2, 0.25) is 0 Å². The third-order valence-corrected chi connectivity index (χ3v) is 10.3. The molecule has 2 aromatic heterocycles. The van der Waals surface area contributed by atoms with Gasteiger partial charge in [0.1, 0.15) is 23.5 Å². The molecule has 0 unspecified atom stereocenters. The molecule has 4 heterocycles. The molecule has 0 spiro atoms. The van der Waals surface area contributed by atoms with E-state index in [-0.39, 0.29) is 17.7 Å². The van der Waals surface area contributed by atoms with Crippen molar-refractivity contribution in [1.82, 2.24) is 19.7 Å². The number of para-hydroxylation sites is 2. The highest BCUT2D eigenvalue weighted by Gasteiger charge is 2.29. The van der Waals surface area contributed by atoms with Crippen LogP contribution in [0.5, 0.6) is 5.88 Å². The number of piperidine rings is 1. The molecule has 2 aliphatic heterocycles. The second-order valence-electron chi connectivity index (χ2n) is 13.8. The van der Waals surface area contributed by atoms with E-state index in [1.165, 1.54) is 5.56 Å². The average Bonchev–Trinajstić information content (AvgIpc) is 3.88. The van der Waals surface area contributed by atoms with Gasteiger partial charge >= 0.3 is 0 Å². The van der Waals surface area contributed by atoms with Gasteiger partial charge in [0.25, 0.3) is 5.91 Å². The van der Waals surface area contributed by atoms with E-state index in [1.807, 2.05) is 83.9 Å². The normalized spacial score (nSPS) is 16.3. The number of primary amides is 1. The number of nitrogens with zero attached hydrogens (tertiary/aromatic N) is 5.